The molecule has 0 spiro atoms. The Bertz CT molecular complexity index is 984. The Morgan fingerprint density at radius 1 is 0.962 bits per heavy atom. The van der Waals surface area contributed by atoms with E-state index in [9.17, 15) is 14.0 Å². The molecule has 2 N–H and O–H groups in total. The number of amides is 2. The largest absolute Gasteiger partial charge is 0.321 e. The minimum absolute atomic E-state index is 0.0775. The van der Waals surface area contributed by atoms with E-state index < -0.39 is 11.7 Å². The molecule has 26 heavy (non-hydrogen) atoms. The standard InChI is InChI=1S/C19H16FN3O2S/c1-11-7-3-6-10-15(11)22-18(25)16-12(2)21-19(26-16)23-17(24)13-8-4-5-9-14(13)20/h3-10H,1-2H3,(H,22,25)(H,21,23,24). The van der Waals surface area contributed by atoms with Crippen molar-refractivity contribution >= 4 is 34.0 Å². The van der Waals surface area contributed by atoms with E-state index >= 15 is 0 Å². The number of aromatic nitrogens is 1. The molecule has 7 heteroatoms. The SMILES string of the molecule is Cc1ccccc1NC(=O)c1sc(NC(=O)c2ccccc2F)nc1C. The van der Waals surface area contributed by atoms with Gasteiger partial charge in [0.15, 0.2) is 5.13 Å². The Morgan fingerprint density at radius 3 is 2.38 bits per heavy atom. The number of aryl methyl sites for hydroxylation is 2. The average Bonchev–Trinajstić information content (AvgIpc) is 2.97. The van der Waals surface area contributed by atoms with Gasteiger partial charge in [-0.15, -0.1) is 0 Å². The highest BCUT2D eigenvalue weighted by Crippen LogP contribution is 2.25. The van der Waals surface area contributed by atoms with Crippen LogP contribution in [0.2, 0.25) is 0 Å². The Kier molecular flexibility index (Phi) is 5.09. The minimum Gasteiger partial charge on any atom is -0.321 e. The maximum atomic E-state index is 13.7. The van der Waals surface area contributed by atoms with Crippen molar-refractivity contribution in [2.45, 2.75) is 13.8 Å². The third kappa shape index (κ3) is 3.78. The van der Waals surface area contributed by atoms with Gasteiger partial charge in [0.1, 0.15) is 10.7 Å². The maximum absolute atomic E-state index is 13.7. The molecule has 1 aromatic heterocycles. The van der Waals surface area contributed by atoms with E-state index in [-0.39, 0.29) is 16.6 Å². The first-order valence-electron chi connectivity index (χ1n) is 7.86. The van der Waals surface area contributed by atoms with Crippen molar-refractivity contribution in [1.82, 2.24) is 4.98 Å². The van der Waals surface area contributed by atoms with Gasteiger partial charge in [-0.3, -0.25) is 14.9 Å². The van der Waals surface area contributed by atoms with Gasteiger partial charge in [0.25, 0.3) is 11.8 Å². The lowest BCUT2D eigenvalue weighted by Gasteiger charge is -2.06. The molecule has 0 aliphatic carbocycles. The van der Waals surface area contributed by atoms with E-state index in [2.05, 4.69) is 15.6 Å². The molecule has 0 aliphatic heterocycles. The van der Waals surface area contributed by atoms with Gasteiger partial charge in [0.2, 0.25) is 0 Å². The summed E-state index contributed by atoms with van der Waals surface area (Å²) in [5, 5.41) is 5.61. The van der Waals surface area contributed by atoms with E-state index in [0.29, 0.717) is 16.3 Å². The third-order valence-electron chi connectivity index (χ3n) is 3.74. The number of carbonyl (C=O) groups excluding carboxylic acids is 2. The van der Waals surface area contributed by atoms with Crippen LogP contribution in [0, 0.1) is 19.7 Å². The molecular formula is C19H16FN3O2S. The van der Waals surface area contributed by atoms with Crippen LogP contribution < -0.4 is 10.6 Å². The summed E-state index contributed by atoms with van der Waals surface area (Å²) in [4.78, 5) is 29.3. The molecule has 0 radical (unpaired) electrons. The second-order valence-corrected chi connectivity index (χ2v) is 6.64. The fourth-order valence-electron chi connectivity index (χ4n) is 2.36. The van der Waals surface area contributed by atoms with Crippen LogP contribution >= 0.6 is 11.3 Å². The zero-order valence-electron chi connectivity index (χ0n) is 14.2. The van der Waals surface area contributed by atoms with Gasteiger partial charge < -0.3 is 5.32 Å². The van der Waals surface area contributed by atoms with Gasteiger partial charge in [0.05, 0.1) is 11.3 Å². The molecule has 2 amide bonds. The molecule has 5 nitrogen and oxygen atoms in total. The van der Waals surface area contributed by atoms with Gasteiger partial charge in [-0.05, 0) is 37.6 Å². The average molecular weight is 369 g/mol. The van der Waals surface area contributed by atoms with Crippen LogP contribution in [0.4, 0.5) is 15.2 Å². The van der Waals surface area contributed by atoms with Crippen LogP contribution in [0.3, 0.4) is 0 Å². The fraction of sp³-hybridized carbons (Fsp3) is 0.105. The van der Waals surface area contributed by atoms with Crippen molar-refractivity contribution in [3.05, 3.63) is 76.0 Å². The number of thiazole rings is 1. The molecule has 0 bridgehead atoms. The number of carbonyl (C=O) groups is 2. The molecule has 0 saturated heterocycles. The van der Waals surface area contributed by atoms with Crippen LogP contribution in [-0.4, -0.2) is 16.8 Å². The minimum atomic E-state index is -0.615. The summed E-state index contributed by atoms with van der Waals surface area (Å²) in [7, 11) is 0. The summed E-state index contributed by atoms with van der Waals surface area (Å²) in [5.74, 6) is -1.53. The highest BCUT2D eigenvalue weighted by Gasteiger charge is 2.18. The van der Waals surface area contributed by atoms with Gasteiger partial charge in [-0.1, -0.05) is 41.7 Å². The van der Waals surface area contributed by atoms with Gasteiger partial charge >= 0.3 is 0 Å². The zero-order chi connectivity index (χ0) is 18.7. The zero-order valence-corrected chi connectivity index (χ0v) is 15.0. The smallest absolute Gasteiger partial charge is 0.267 e. The van der Waals surface area contributed by atoms with E-state index in [1.807, 2.05) is 31.2 Å². The Balaban J connectivity index is 1.77. The van der Waals surface area contributed by atoms with Crippen molar-refractivity contribution in [1.29, 1.82) is 0 Å². The topological polar surface area (TPSA) is 71.1 Å². The molecule has 0 atom stereocenters. The number of benzene rings is 2. The van der Waals surface area contributed by atoms with Crippen LogP contribution in [0.25, 0.3) is 0 Å². The van der Waals surface area contributed by atoms with Crippen molar-refractivity contribution in [2.24, 2.45) is 0 Å². The molecule has 1 heterocycles. The quantitative estimate of drug-likeness (QED) is 0.716. The first-order valence-corrected chi connectivity index (χ1v) is 8.67. The number of halogens is 1. The summed E-state index contributed by atoms with van der Waals surface area (Å²) in [5.41, 5.74) is 2.06. The Labute approximate surface area is 153 Å². The Morgan fingerprint density at radius 2 is 1.65 bits per heavy atom. The maximum Gasteiger partial charge on any atom is 0.267 e. The lowest BCUT2D eigenvalue weighted by atomic mass is 10.2. The predicted molar refractivity (Wildman–Crippen MR) is 100 cm³/mol. The number of rotatable bonds is 4. The lowest BCUT2D eigenvalue weighted by Crippen LogP contribution is -2.13. The number of anilines is 2. The third-order valence-corrected chi connectivity index (χ3v) is 4.81. The van der Waals surface area contributed by atoms with E-state index in [1.54, 1.807) is 13.0 Å². The van der Waals surface area contributed by atoms with E-state index in [0.717, 1.165) is 16.9 Å². The number of hydrogen-bond donors (Lipinski definition) is 2. The van der Waals surface area contributed by atoms with Crippen LogP contribution in [0.15, 0.2) is 48.5 Å². The van der Waals surface area contributed by atoms with Crippen molar-refractivity contribution in [3.8, 4) is 0 Å². The summed E-state index contributed by atoms with van der Waals surface area (Å²) < 4.78 is 13.7. The first kappa shape index (κ1) is 17.8. The van der Waals surface area contributed by atoms with E-state index in [4.69, 9.17) is 0 Å². The molecule has 0 unspecified atom stereocenters. The molecular weight excluding hydrogens is 353 g/mol. The normalized spacial score (nSPS) is 10.4. The number of para-hydroxylation sites is 1. The van der Waals surface area contributed by atoms with E-state index in [1.165, 1.54) is 18.2 Å². The van der Waals surface area contributed by atoms with Gasteiger partial charge in [-0.25, -0.2) is 9.37 Å². The molecule has 0 aliphatic rings. The van der Waals surface area contributed by atoms with Crippen molar-refractivity contribution < 1.29 is 14.0 Å². The lowest BCUT2D eigenvalue weighted by molar-refractivity contribution is 0.101. The van der Waals surface area contributed by atoms with Gasteiger partial charge in [-0.2, -0.15) is 0 Å². The molecule has 2 aromatic carbocycles. The first-order chi connectivity index (χ1) is 12.5. The number of nitrogens with zero attached hydrogens (tertiary/aromatic N) is 1. The molecule has 3 aromatic rings. The predicted octanol–water partition coefficient (Wildman–Crippen LogP) is 4.40. The summed E-state index contributed by atoms with van der Waals surface area (Å²) in [6.07, 6.45) is 0. The van der Waals surface area contributed by atoms with Crippen molar-refractivity contribution in [2.75, 3.05) is 10.6 Å². The van der Waals surface area contributed by atoms with Crippen LogP contribution in [0.5, 0.6) is 0 Å². The van der Waals surface area contributed by atoms with Crippen molar-refractivity contribution in [3.63, 3.8) is 0 Å². The highest BCUT2D eigenvalue weighted by atomic mass is 32.1. The summed E-state index contributed by atoms with van der Waals surface area (Å²) >= 11 is 1.04. The fourth-order valence-corrected chi connectivity index (χ4v) is 3.22. The summed E-state index contributed by atoms with van der Waals surface area (Å²) in [6.45, 7) is 3.58. The second-order valence-electron chi connectivity index (χ2n) is 5.64. The summed E-state index contributed by atoms with van der Waals surface area (Å²) in [6, 6.07) is 13.1. The molecule has 3 rings (SSSR count). The molecule has 0 saturated carbocycles. The van der Waals surface area contributed by atoms with Crippen LogP contribution in [-0.2, 0) is 0 Å². The number of nitrogens with one attached hydrogen (secondary N) is 2. The molecule has 132 valence electrons. The monoisotopic (exact) mass is 369 g/mol. The molecule has 0 fully saturated rings. The number of hydrogen-bond acceptors (Lipinski definition) is 4. The highest BCUT2D eigenvalue weighted by molar-refractivity contribution is 7.17. The van der Waals surface area contributed by atoms with Gasteiger partial charge in [0, 0.05) is 5.69 Å². The van der Waals surface area contributed by atoms with Crippen LogP contribution in [0.1, 0.15) is 31.3 Å². The Hall–Kier alpha value is -3.06. The second kappa shape index (κ2) is 7.45.